The molecule has 1 saturated heterocycles. The number of hydrogen-bond donors (Lipinski definition) is 0. The largest absolute Gasteiger partial charge is 0.497 e. The molecule has 2 aliphatic heterocycles. The Balaban J connectivity index is 1.62. The molecule has 0 bridgehead atoms. The number of aliphatic imine (C=N–C) groups is 1. The monoisotopic (exact) mass is 404 g/mol. The molecule has 0 aliphatic carbocycles. The summed E-state index contributed by atoms with van der Waals surface area (Å²) in [7, 11) is 1.71. The zero-order chi connectivity index (χ0) is 19.8. The quantitative estimate of drug-likeness (QED) is 0.609. The van der Waals surface area contributed by atoms with Crippen molar-refractivity contribution in [3.05, 3.63) is 78.4 Å². The van der Waals surface area contributed by atoms with E-state index in [1.165, 1.54) is 5.69 Å². The molecule has 1 aromatic carbocycles. The van der Waals surface area contributed by atoms with Crippen LogP contribution < -0.4 is 4.74 Å². The third kappa shape index (κ3) is 3.12. The van der Waals surface area contributed by atoms with Crippen molar-refractivity contribution in [1.82, 2.24) is 14.5 Å². The first-order valence-electron chi connectivity index (χ1n) is 10.0. The van der Waals surface area contributed by atoms with Gasteiger partial charge in [0.1, 0.15) is 17.8 Å². The van der Waals surface area contributed by atoms with Gasteiger partial charge in [-0.2, -0.15) is 0 Å². The van der Waals surface area contributed by atoms with Crippen molar-refractivity contribution >= 4 is 16.9 Å². The van der Waals surface area contributed by atoms with Crippen LogP contribution in [0.1, 0.15) is 36.8 Å². The van der Waals surface area contributed by atoms with E-state index in [-0.39, 0.29) is 12.1 Å². The van der Waals surface area contributed by atoms with Crippen LogP contribution in [0.25, 0.3) is 5.69 Å². The highest BCUT2D eigenvalue weighted by molar-refractivity contribution is 8.14. The zero-order valence-electron chi connectivity index (χ0n) is 16.6. The molecule has 1 fully saturated rings. The SMILES string of the molecule is CC[C@@H]1CSC2=N[C@@H](c3ccccn3)[C@@H](c3cccn3-c3cccc(OC)c3)N21. The van der Waals surface area contributed by atoms with Crippen molar-refractivity contribution < 1.29 is 4.74 Å². The van der Waals surface area contributed by atoms with E-state index in [0.717, 1.165) is 34.5 Å². The summed E-state index contributed by atoms with van der Waals surface area (Å²) < 4.78 is 7.71. The van der Waals surface area contributed by atoms with E-state index in [1.807, 2.05) is 36.2 Å². The second-order valence-corrected chi connectivity index (χ2v) is 8.33. The second kappa shape index (κ2) is 7.59. The number of fused-ring (bicyclic) bond motifs is 1. The van der Waals surface area contributed by atoms with Gasteiger partial charge < -0.3 is 14.2 Å². The van der Waals surface area contributed by atoms with Gasteiger partial charge >= 0.3 is 0 Å². The number of hydrogen-bond acceptors (Lipinski definition) is 5. The smallest absolute Gasteiger partial charge is 0.160 e. The van der Waals surface area contributed by atoms with Crippen LogP contribution in [0.5, 0.6) is 5.75 Å². The molecule has 0 spiro atoms. The number of pyridine rings is 1. The van der Waals surface area contributed by atoms with Crippen molar-refractivity contribution in [2.45, 2.75) is 31.5 Å². The third-order valence-electron chi connectivity index (χ3n) is 5.74. The summed E-state index contributed by atoms with van der Waals surface area (Å²) in [6.07, 6.45) is 5.10. The molecule has 4 heterocycles. The summed E-state index contributed by atoms with van der Waals surface area (Å²) in [5.74, 6) is 1.95. The number of thioether (sulfide) groups is 1. The first-order chi connectivity index (χ1) is 14.3. The normalized spacial score (nSPS) is 23.2. The molecule has 2 aliphatic rings. The van der Waals surface area contributed by atoms with E-state index >= 15 is 0 Å². The fourth-order valence-electron chi connectivity index (χ4n) is 4.30. The number of rotatable bonds is 5. The minimum atomic E-state index is -0.00712. The molecule has 0 N–H and O–H groups in total. The van der Waals surface area contributed by atoms with Gasteiger partial charge in [0.15, 0.2) is 5.17 Å². The van der Waals surface area contributed by atoms with Gasteiger partial charge in [-0.15, -0.1) is 0 Å². The summed E-state index contributed by atoms with van der Waals surface area (Å²) >= 11 is 1.87. The number of methoxy groups -OCH3 is 1. The lowest BCUT2D eigenvalue weighted by Gasteiger charge is -2.32. The van der Waals surface area contributed by atoms with Gasteiger partial charge in [0, 0.05) is 41.6 Å². The van der Waals surface area contributed by atoms with Crippen LogP contribution in [0.3, 0.4) is 0 Å². The fourth-order valence-corrected chi connectivity index (χ4v) is 5.64. The number of aromatic nitrogens is 2. The highest BCUT2D eigenvalue weighted by atomic mass is 32.2. The molecule has 0 radical (unpaired) electrons. The van der Waals surface area contributed by atoms with Crippen LogP contribution in [0.15, 0.2) is 72.0 Å². The van der Waals surface area contributed by atoms with E-state index < -0.39 is 0 Å². The lowest BCUT2D eigenvalue weighted by atomic mass is 9.99. The van der Waals surface area contributed by atoms with Gasteiger partial charge in [0.2, 0.25) is 0 Å². The molecular formula is C23H24N4OS. The van der Waals surface area contributed by atoms with Crippen molar-refractivity contribution in [2.75, 3.05) is 12.9 Å². The summed E-state index contributed by atoms with van der Waals surface area (Å²) in [5, 5.41) is 1.15. The maximum atomic E-state index is 5.45. The number of nitrogens with zero attached hydrogens (tertiary/aromatic N) is 4. The molecule has 0 unspecified atom stereocenters. The predicted molar refractivity (Wildman–Crippen MR) is 118 cm³/mol. The molecule has 0 saturated carbocycles. The van der Waals surface area contributed by atoms with Gasteiger partial charge in [-0.3, -0.25) is 9.98 Å². The average Bonchev–Trinajstić information content (AvgIpc) is 3.49. The lowest BCUT2D eigenvalue weighted by Crippen LogP contribution is -2.36. The molecule has 0 amide bonds. The number of ether oxygens (including phenoxy) is 1. The third-order valence-corrected chi connectivity index (χ3v) is 6.87. The Morgan fingerprint density at radius 1 is 1.14 bits per heavy atom. The molecule has 2 aromatic heterocycles. The lowest BCUT2D eigenvalue weighted by molar-refractivity contribution is 0.249. The summed E-state index contributed by atoms with van der Waals surface area (Å²) in [4.78, 5) is 12.3. The Morgan fingerprint density at radius 2 is 2.07 bits per heavy atom. The summed E-state index contributed by atoms with van der Waals surface area (Å²) in [5.41, 5.74) is 3.35. The van der Waals surface area contributed by atoms with Gasteiger partial charge in [-0.05, 0) is 42.8 Å². The Kier molecular flexibility index (Phi) is 4.79. The van der Waals surface area contributed by atoms with E-state index in [2.05, 4.69) is 64.0 Å². The molecule has 5 nitrogen and oxygen atoms in total. The van der Waals surface area contributed by atoms with E-state index in [4.69, 9.17) is 9.73 Å². The first-order valence-corrected chi connectivity index (χ1v) is 11.0. The highest BCUT2D eigenvalue weighted by Gasteiger charge is 2.46. The van der Waals surface area contributed by atoms with Crippen LogP contribution in [0, 0.1) is 0 Å². The van der Waals surface area contributed by atoms with Gasteiger partial charge in [-0.25, -0.2) is 0 Å². The van der Waals surface area contributed by atoms with Crippen LogP contribution >= 0.6 is 11.8 Å². The molecule has 6 heteroatoms. The van der Waals surface area contributed by atoms with E-state index in [9.17, 15) is 0 Å². The fraction of sp³-hybridized carbons (Fsp3) is 0.304. The topological polar surface area (TPSA) is 42.6 Å². The van der Waals surface area contributed by atoms with Gasteiger partial charge in [0.05, 0.1) is 12.8 Å². The standard InChI is InChI=1S/C23H24N4OS/c1-3-16-15-29-23-25-21(19-10-4-5-12-24-19)22(27(16)23)20-11-7-13-26(20)17-8-6-9-18(14-17)28-2/h4-14,16,21-22H,3,15H2,1-2H3/t16-,21+,22-/m1/s1. The molecule has 3 atom stereocenters. The number of amidine groups is 1. The summed E-state index contributed by atoms with van der Waals surface area (Å²) in [6, 6.07) is 19.3. The zero-order valence-corrected chi connectivity index (χ0v) is 17.4. The second-order valence-electron chi connectivity index (χ2n) is 7.34. The maximum absolute atomic E-state index is 5.45. The van der Waals surface area contributed by atoms with E-state index in [1.54, 1.807) is 7.11 Å². The molecule has 3 aromatic rings. The predicted octanol–water partition coefficient (Wildman–Crippen LogP) is 4.86. The number of benzene rings is 1. The first kappa shape index (κ1) is 18.3. The van der Waals surface area contributed by atoms with Crippen LogP contribution in [0.2, 0.25) is 0 Å². The minimum absolute atomic E-state index is 0.00712. The van der Waals surface area contributed by atoms with Crippen molar-refractivity contribution in [3.8, 4) is 11.4 Å². The molecule has 29 heavy (non-hydrogen) atoms. The van der Waals surface area contributed by atoms with Crippen LogP contribution in [0.4, 0.5) is 0 Å². The Hall–Kier alpha value is -2.73. The Morgan fingerprint density at radius 3 is 2.86 bits per heavy atom. The van der Waals surface area contributed by atoms with Crippen LogP contribution in [-0.4, -0.2) is 38.5 Å². The molecule has 5 rings (SSSR count). The van der Waals surface area contributed by atoms with Crippen molar-refractivity contribution in [2.24, 2.45) is 4.99 Å². The molecular weight excluding hydrogens is 380 g/mol. The molecule has 148 valence electrons. The minimum Gasteiger partial charge on any atom is -0.497 e. The summed E-state index contributed by atoms with van der Waals surface area (Å²) in [6.45, 7) is 2.26. The highest BCUT2D eigenvalue weighted by Crippen LogP contribution is 2.48. The average molecular weight is 405 g/mol. The van der Waals surface area contributed by atoms with Gasteiger partial charge in [0.25, 0.3) is 0 Å². The Labute approximate surface area is 175 Å². The maximum Gasteiger partial charge on any atom is 0.160 e. The van der Waals surface area contributed by atoms with Crippen molar-refractivity contribution in [3.63, 3.8) is 0 Å². The van der Waals surface area contributed by atoms with Gasteiger partial charge in [-0.1, -0.05) is 30.8 Å². The Bertz CT molecular complexity index is 1030. The van der Waals surface area contributed by atoms with Crippen molar-refractivity contribution in [1.29, 1.82) is 0 Å². The van der Waals surface area contributed by atoms with E-state index in [0.29, 0.717) is 6.04 Å². The van der Waals surface area contributed by atoms with Crippen LogP contribution in [-0.2, 0) is 0 Å².